The minimum atomic E-state index is -0.0833. The molecule has 6 nitrogen and oxygen atoms in total. The van der Waals surface area contributed by atoms with Crippen molar-refractivity contribution in [2.45, 2.75) is 26.4 Å². The van der Waals surface area contributed by atoms with Crippen molar-refractivity contribution in [3.05, 3.63) is 59.9 Å². The molecule has 1 saturated heterocycles. The van der Waals surface area contributed by atoms with Gasteiger partial charge in [0, 0.05) is 37.9 Å². The molecule has 0 atom stereocenters. The first kappa shape index (κ1) is 18.9. The average Bonchev–Trinajstić information content (AvgIpc) is 2.94. The summed E-state index contributed by atoms with van der Waals surface area (Å²) in [7, 11) is 0. The number of rotatable bonds is 4. The number of nitrogens with zero attached hydrogens (tertiary/aromatic N) is 3. The predicted molar refractivity (Wildman–Crippen MR) is 103 cm³/mol. The van der Waals surface area contributed by atoms with Crippen molar-refractivity contribution in [3.8, 4) is 5.75 Å². The fraction of sp³-hybridized carbons (Fsp3) is 0.381. The smallest absolute Gasteiger partial charge is 0.272 e. The highest BCUT2D eigenvalue weighted by atomic mass is 16.5. The lowest BCUT2D eigenvalue weighted by molar-refractivity contribution is 0.0715. The van der Waals surface area contributed by atoms with Gasteiger partial charge in [-0.3, -0.25) is 14.6 Å². The summed E-state index contributed by atoms with van der Waals surface area (Å²) in [6.45, 7) is 6.22. The third-order valence-corrected chi connectivity index (χ3v) is 4.43. The highest BCUT2D eigenvalue weighted by Gasteiger charge is 2.24. The molecule has 0 N–H and O–H groups in total. The Morgan fingerprint density at radius 3 is 2.19 bits per heavy atom. The summed E-state index contributed by atoms with van der Waals surface area (Å²) in [5.41, 5.74) is 1.08. The van der Waals surface area contributed by atoms with Crippen molar-refractivity contribution < 1.29 is 14.3 Å². The van der Waals surface area contributed by atoms with E-state index in [9.17, 15) is 9.59 Å². The number of carbonyl (C=O) groups is 2. The molecule has 1 aliphatic rings. The van der Waals surface area contributed by atoms with Crippen LogP contribution in [-0.4, -0.2) is 58.9 Å². The van der Waals surface area contributed by atoms with Crippen LogP contribution in [0.4, 0.5) is 0 Å². The van der Waals surface area contributed by atoms with Crippen LogP contribution in [0.3, 0.4) is 0 Å². The molecule has 0 spiro atoms. The molecule has 0 saturated carbocycles. The highest BCUT2D eigenvalue weighted by Crippen LogP contribution is 2.16. The molecule has 3 rings (SSSR count). The van der Waals surface area contributed by atoms with E-state index in [2.05, 4.69) is 4.98 Å². The monoisotopic (exact) mass is 367 g/mol. The maximum Gasteiger partial charge on any atom is 0.272 e. The van der Waals surface area contributed by atoms with Gasteiger partial charge < -0.3 is 14.5 Å². The number of ether oxygens (including phenoxy) is 1. The lowest BCUT2D eigenvalue weighted by Crippen LogP contribution is -2.37. The molecular weight excluding hydrogens is 342 g/mol. The zero-order chi connectivity index (χ0) is 19.2. The first-order valence-corrected chi connectivity index (χ1v) is 9.31. The first-order chi connectivity index (χ1) is 13.0. The van der Waals surface area contributed by atoms with E-state index in [4.69, 9.17) is 4.74 Å². The molecule has 6 heteroatoms. The van der Waals surface area contributed by atoms with Crippen molar-refractivity contribution >= 4 is 11.8 Å². The molecule has 0 unspecified atom stereocenters. The van der Waals surface area contributed by atoms with Crippen molar-refractivity contribution in [2.75, 3.05) is 26.2 Å². The first-order valence-electron chi connectivity index (χ1n) is 9.31. The molecule has 27 heavy (non-hydrogen) atoms. The van der Waals surface area contributed by atoms with Crippen LogP contribution < -0.4 is 4.74 Å². The van der Waals surface area contributed by atoms with Gasteiger partial charge in [-0.25, -0.2) is 0 Å². The van der Waals surface area contributed by atoms with Gasteiger partial charge in [0.2, 0.25) is 0 Å². The zero-order valence-electron chi connectivity index (χ0n) is 15.8. The van der Waals surface area contributed by atoms with Crippen LogP contribution in [0.25, 0.3) is 0 Å². The SMILES string of the molecule is CC(C)Oc1ccc(C(=O)N2CCCN(C(=O)c3ccccn3)CC2)cc1. The summed E-state index contributed by atoms with van der Waals surface area (Å²) in [6.07, 6.45) is 2.46. The molecule has 2 amide bonds. The second-order valence-electron chi connectivity index (χ2n) is 6.84. The van der Waals surface area contributed by atoms with Crippen molar-refractivity contribution in [3.63, 3.8) is 0 Å². The number of pyridine rings is 1. The zero-order valence-corrected chi connectivity index (χ0v) is 15.8. The number of carbonyl (C=O) groups excluding carboxylic acids is 2. The summed E-state index contributed by atoms with van der Waals surface area (Å²) in [5, 5.41) is 0. The minimum Gasteiger partial charge on any atom is -0.491 e. The molecule has 2 aromatic rings. The Kier molecular flexibility index (Phi) is 6.06. The van der Waals surface area contributed by atoms with Crippen LogP contribution in [-0.2, 0) is 0 Å². The summed E-state index contributed by atoms with van der Waals surface area (Å²) in [4.78, 5) is 33.1. The van der Waals surface area contributed by atoms with Gasteiger partial charge in [-0.05, 0) is 56.7 Å². The molecule has 2 heterocycles. The van der Waals surface area contributed by atoms with Gasteiger partial charge in [-0.1, -0.05) is 6.07 Å². The number of hydrogen-bond acceptors (Lipinski definition) is 4. The fourth-order valence-electron chi connectivity index (χ4n) is 3.11. The highest BCUT2D eigenvalue weighted by molar-refractivity contribution is 5.95. The maximum atomic E-state index is 12.8. The average molecular weight is 367 g/mol. The summed E-state index contributed by atoms with van der Waals surface area (Å²) < 4.78 is 5.62. The van der Waals surface area contributed by atoms with Crippen molar-refractivity contribution in [2.24, 2.45) is 0 Å². The van der Waals surface area contributed by atoms with E-state index in [1.54, 1.807) is 41.4 Å². The summed E-state index contributed by atoms with van der Waals surface area (Å²) >= 11 is 0. The number of aromatic nitrogens is 1. The van der Waals surface area contributed by atoms with Crippen LogP contribution in [0.1, 0.15) is 41.1 Å². The fourth-order valence-corrected chi connectivity index (χ4v) is 3.11. The van der Waals surface area contributed by atoms with Crippen LogP contribution in [0.2, 0.25) is 0 Å². The normalized spacial score (nSPS) is 14.8. The van der Waals surface area contributed by atoms with Crippen LogP contribution in [0.15, 0.2) is 48.7 Å². The maximum absolute atomic E-state index is 12.8. The van der Waals surface area contributed by atoms with E-state index < -0.39 is 0 Å². The van der Waals surface area contributed by atoms with Gasteiger partial charge in [0.1, 0.15) is 11.4 Å². The van der Waals surface area contributed by atoms with Gasteiger partial charge >= 0.3 is 0 Å². The Hall–Kier alpha value is -2.89. The second kappa shape index (κ2) is 8.66. The van der Waals surface area contributed by atoms with Gasteiger partial charge in [-0.2, -0.15) is 0 Å². The van der Waals surface area contributed by atoms with E-state index >= 15 is 0 Å². The Bertz CT molecular complexity index is 775. The van der Waals surface area contributed by atoms with E-state index in [0.717, 1.165) is 12.2 Å². The molecule has 1 aliphatic heterocycles. The van der Waals surface area contributed by atoms with Gasteiger partial charge in [0.15, 0.2) is 0 Å². The largest absolute Gasteiger partial charge is 0.491 e. The third-order valence-electron chi connectivity index (χ3n) is 4.43. The molecule has 142 valence electrons. The number of hydrogen-bond donors (Lipinski definition) is 0. The summed E-state index contributed by atoms with van der Waals surface area (Å²) in [6, 6.07) is 12.5. The van der Waals surface area contributed by atoms with E-state index in [-0.39, 0.29) is 17.9 Å². The molecule has 1 fully saturated rings. The van der Waals surface area contributed by atoms with Crippen molar-refractivity contribution in [1.82, 2.24) is 14.8 Å². The quantitative estimate of drug-likeness (QED) is 0.834. The van der Waals surface area contributed by atoms with Crippen LogP contribution >= 0.6 is 0 Å². The standard InChI is InChI=1S/C21H25N3O3/c1-16(2)27-18-9-7-17(8-10-18)20(25)23-12-5-13-24(15-14-23)21(26)19-6-3-4-11-22-19/h3-4,6-11,16H,5,12-15H2,1-2H3. The number of benzene rings is 1. The Balaban J connectivity index is 1.62. The minimum absolute atomic E-state index is 0.0155. The van der Waals surface area contributed by atoms with E-state index in [1.165, 1.54) is 0 Å². The van der Waals surface area contributed by atoms with E-state index in [0.29, 0.717) is 37.4 Å². The Labute approximate surface area is 159 Å². The number of amides is 2. The van der Waals surface area contributed by atoms with Crippen molar-refractivity contribution in [1.29, 1.82) is 0 Å². The van der Waals surface area contributed by atoms with Gasteiger partial charge in [0.05, 0.1) is 6.10 Å². The molecule has 1 aromatic carbocycles. The second-order valence-corrected chi connectivity index (χ2v) is 6.84. The Morgan fingerprint density at radius 2 is 1.59 bits per heavy atom. The molecule has 0 bridgehead atoms. The van der Waals surface area contributed by atoms with Crippen LogP contribution in [0, 0.1) is 0 Å². The molecule has 1 aromatic heterocycles. The van der Waals surface area contributed by atoms with Gasteiger partial charge in [-0.15, -0.1) is 0 Å². The molecular formula is C21H25N3O3. The van der Waals surface area contributed by atoms with Crippen LogP contribution in [0.5, 0.6) is 5.75 Å². The predicted octanol–water partition coefficient (Wildman–Crippen LogP) is 2.86. The topological polar surface area (TPSA) is 62.7 Å². The lowest BCUT2D eigenvalue weighted by atomic mass is 10.2. The third kappa shape index (κ3) is 4.84. The molecule has 0 aliphatic carbocycles. The van der Waals surface area contributed by atoms with Gasteiger partial charge in [0.25, 0.3) is 11.8 Å². The Morgan fingerprint density at radius 1 is 0.926 bits per heavy atom. The van der Waals surface area contributed by atoms with E-state index in [1.807, 2.05) is 30.9 Å². The lowest BCUT2D eigenvalue weighted by Gasteiger charge is -2.22. The molecule has 0 radical (unpaired) electrons. The summed E-state index contributed by atoms with van der Waals surface area (Å²) in [5.74, 6) is 0.655.